The Labute approximate surface area is 163 Å². The SMILES string of the molecule is Cc1ccc(C(=O)N(C)[C@H]2CCCC[C@@H]2N(C)C(=O)c2ccc(C)s2)s1. The number of amides is 2. The molecule has 2 heterocycles. The molecule has 140 valence electrons. The average Bonchev–Trinajstić information content (AvgIpc) is 3.27. The Morgan fingerprint density at radius 1 is 0.808 bits per heavy atom. The number of rotatable bonds is 4. The van der Waals surface area contributed by atoms with Crippen molar-refractivity contribution in [3.8, 4) is 0 Å². The molecule has 4 nitrogen and oxygen atoms in total. The molecular formula is C20H26N2O2S2. The van der Waals surface area contributed by atoms with Gasteiger partial charge in [0.1, 0.15) is 0 Å². The van der Waals surface area contributed by atoms with E-state index in [1.807, 2.05) is 62.0 Å². The summed E-state index contributed by atoms with van der Waals surface area (Å²) in [4.78, 5) is 33.4. The standard InChI is InChI=1S/C20H26N2O2S2/c1-13-9-11-17(25-13)19(23)21(3)15-7-5-6-8-16(15)22(4)20(24)18-12-10-14(2)26-18/h9-12,15-16H,5-8H2,1-4H3/t15-,16-/m0/s1. The molecule has 0 spiro atoms. The maximum atomic E-state index is 12.9. The minimum absolute atomic E-state index is 0.0628. The third-order valence-electron chi connectivity index (χ3n) is 5.23. The summed E-state index contributed by atoms with van der Waals surface area (Å²) in [6.07, 6.45) is 4.08. The maximum Gasteiger partial charge on any atom is 0.263 e. The summed E-state index contributed by atoms with van der Waals surface area (Å²) in [6.45, 7) is 4.03. The minimum Gasteiger partial charge on any atom is -0.336 e. The lowest BCUT2D eigenvalue weighted by molar-refractivity contribution is 0.0426. The number of carbonyl (C=O) groups excluding carboxylic acids is 2. The van der Waals surface area contributed by atoms with E-state index < -0.39 is 0 Å². The Morgan fingerprint density at radius 2 is 1.19 bits per heavy atom. The van der Waals surface area contributed by atoms with Crippen LogP contribution in [0.1, 0.15) is 54.8 Å². The summed E-state index contributed by atoms with van der Waals surface area (Å²) < 4.78 is 0. The number of carbonyl (C=O) groups is 2. The predicted octanol–water partition coefficient (Wildman–Crippen LogP) is 4.58. The molecule has 0 N–H and O–H groups in total. The molecule has 0 unspecified atom stereocenters. The van der Waals surface area contributed by atoms with Crippen molar-refractivity contribution in [2.45, 2.75) is 51.6 Å². The van der Waals surface area contributed by atoms with E-state index in [-0.39, 0.29) is 23.9 Å². The molecule has 0 aromatic carbocycles. The molecule has 1 aliphatic carbocycles. The number of likely N-dealkylation sites (N-methyl/N-ethyl adjacent to an activating group) is 2. The quantitative estimate of drug-likeness (QED) is 0.766. The topological polar surface area (TPSA) is 40.6 Å². The van der Waals surface area contributed by atoms with Crippen LogP contribution < -0.4 is 0 Å². The van der Waals surface area contributed by atoms with Crippen LogP contribution in [-0.4, -0.2) is 47.8 Å². The molecule has 0 aliphatic heterocycles. The second-order valence-electron chi connectivity index (χ2n) is 7.07. The van der Waals surface area contributed by atoms with Crippen molar-refractivity contribution in [2.75, 3.05) is 14.1 Å². The van der Waals surface area contributed by atoms with Crippen LogP contribution in [0.5, 0.6) is 0 Å². The van der Waals surface area contributed by atoms with E-state index in [9.17, 15) is 9.59 Å². The summed E-state index contributed by atoms with van der Waals surface area (Å²) in [5, 5.41) is 0. The smallest absolute Gasteiger partial charge is 0.263 e. The Kier molecular flexibility index (Phi) is 5.82. The highest BCUT2D eigenvalue weighted by Crippen LogP contribution is 2.29. The molecule has 6 heteroatoms. The van der Waals surface area contributed by atoms with Crippen LogP contribution in [0, 0.1) is 13.8 Å². The van der Waals surface area contributed by atoms with Gasteiger partial charge in [0, 0.05) is 23.8 Å². The van der Waals surface area contributed by atoms with Crippen LogP contribution in [0.25, 0.3) is 0 Å². The summed E-state index contributed by atoms with van der Waals surface area (Å²) in [5.74, 6) is 0.126. The van der Waals surface area contributed by atoms with E-state index in [1.54, 1.807) is 0 Å². The van der Waals surface area contributed by atoms with Gasteiger partial charge < -0.3 is 9.80 Å². The van der Waals surface area contributed by atoms with Gasteiger partial charge in [0.15, 0.2) is 0 Å². The van der Waals surface area contributed by atoms with E-state index in [2.05, 4.69) is 0 Å². The first-order valence-corrected chi connectivity index (χ1v) is 10.7. The van der Waals surface area contributed by atoms with Crippen molar-refractivity contribution < 1.29 is 9.59 Å². The van der Waals surface area contributed by atoms with Gasteiger partial charge >= 0.3 is 0 Å². The first-order valence-electron chi connectivity index (χ1n) is 9.05. The largest absolute Gasteiger partial charge is 0.336 e. The van der Waals surface area contributed by atoms with Crippen LogP contribution in [0.3, 0.4) is 0 Å². The molecule has 1 aliphatic rings. The zero-order valence-corrected chi connectivity index (χ0v) is 17.5. The number of hydrogen-bond donors (Lipinski definition) is 0. The maximum absolute atomic E-state index is 12.9. The predicted molar refractivity (Wildman–Crippen MR) is 108 cm³/mol. The highest BCUT2D eigenvalue weighted by Gasteiger charge is 2.36. The van der Waals surface area contributed by atoms with Gasteiger partial charge in [-0.25, -0.2) is 0 Å². The van der Waals surface area contributed by atoms with Gasteiger partial charge in [-0.05, 0) is 51.0 Å². The van der Waals surface area contributed by atoms with Crippen molar-refractivity contribution in [3.63, 3.8) is 0 Å². The Bertz CT molecular complexity index is 729. The number of aryl methyl sites for hydroxylation is 2. The summed E-state index contributed by atoms with van der Waals surface area (Å²) in [7, 11) is 3.77. The monoisotopic (exact) mass is 390 g/mol. The molecule has 1 saturated carbocycles. The fraction of sp³-hybridized carbons (Fsp3) is 0.500. The third-order valence-corrected chi connectivity index (χ3v) is 7.21. The lowest BCUT2D eigenvalue weighted by Gasteiger charge is -2.42. The molecule has 0 bridgehead atoms. The summed E-state index contributed by atoms with van der Waals surface area (Å²) in [6, 6.07) is 7.90. The fourth-order valence-electron chi connectivity index (χ4n) is 3.74. The van der Waals surface area contributed by atoms with Crippen molar-refractivity contribution in [2.24, 2.45) is 0 Å². The minimum atomic E-state index is 0.0628. The average molecular weight is 391 g/mol. The number of thiophene rings is 2. The van der Waals surface area contributed by atoms with Crippen LogP contribution in [0.2, 0.25) is 0 Å². The highest BCUT2D eigenvalue weighted by molar-refractivity contribution is 7.14. The van der Waals surface area contributed by atoms with E-state index in [0.29, 0.717) is 0 Å². The summed E-state index contributed by atoms with van der Waals surface area (Å²) >= 11 is 3.07. The number of hydrogen-bond acceptors (Lipinski definition) is 4. The van der Waals surface area contributed by atoms with Gasteiger partial charge in [0.25, 0.3) is 11.8 Å². The molecule has 3 rings (SSSR count). The van der Waals surface area contributed by atoms with Crippen LogP contribution in [0.4, 0.5) is 0 Å². The van der Waals surface area contributed by atoms with E-state index in [0.717, 1.165) is 45.2 Å². The lowest BCUT2D eigenvalue weighted by Crippen LogP contribution is -2.54. The molecule has 0 radical (unpaired) electrons. The molecule has 2 atom stereocenters. The Hall–Kier alpha value is -1.66. The summed E-state index contributed by atoms with van der Waals surface area (Å²) in [5.41, 5.74) is 0. The molecular weight excluding hydrogens is 364 g/mol. The van der Waals surface area contributed by atoms with Gasteiger partial charge in [0.05, 0.1) is 21.8 Å². The molecule has 26 heavy (non-hydrogen) atoms. The highest BCUT2D eigenvalue weighted by atomic mass is 32.1. The number of nitrogens with zero attached hydrogens (tertiary/aromatic N) is 2. The molecule has 2 aromatic heterocycles. The zero-order valence-electron chi connectivity index (χ0n) is 15.8. The zero-order chi connectivity index (χ0) is 18.8. The van der Waals surface area contributed by atoms with Gasteiger partial charge in [-0.3, -0.25) is 9.59 Å². The van der Waals surface area contributed by atoms with Crippen molar-refractivity contribution >= 4 is 34.5 Å². The molecule has 2 amide bonds. The first-order chi connectivity index (χ1) is 12.4. The van der Waals surface area contributed by atoms with Gasteiger partial charge in [-0.2, -0.15) is 0 Å². The van der Waals surface area contributed by atoms with Crippen molar-refractivity contribution in [3.05, 3.63) is 43.8 Å². The lowest BCUT2D eigenvalue weighted by atomic mass is 9.88. The Balaban J connectivity index is 1.78. The van der Waals surface area contributed by atoms with Crippen LogP contribution in [0.15, 0.2) is 24.3 Å². The van der Waals surface area contributed by atoms with Crippen molar-refractivity contribution in [1.82, 2.24) is 9.80 Å². The second kappa shape index (κ2) is 7.92. The fourth-order valence-corrected chi connectivity index (χ4v) is 5.44. The van der Waals surface area contributed by atoms with Crippen LogP contribution in [-0.2, 0) is 0 Å². The van der Waals surface area contributed by atoms with Gasteiger partial charge in [0.2, 0.25) is 0 Å². The van der Waals surface area contributed by atoms with Crippen LogP contribution >= 0.6 is 22.7 Å². The molecule has 1 fully saturated rings. The van der Waals surface area contributed by atoms with Crippen molar-refractivity contribution in [1.29, 1.82) is 0 Å². The normalized spacial score (nSPS) is 20.0. The Morgan fingerprint density at radius 3 is 1.50 bits per heavy atom. The van der Waals surface area contributed by atoms with Gasteiger partial charge in [-0.1, -0.05) is 12.8 Å². The van der Waals surface area contributed by atoms with Gasteiger partial charge in [-0.15, -0.1) is 22.7 Å². The molecule has 2 aromatic rings. The third kappa shape index (κ3) is 3.86. The molecule has 0 saturated heterocycles. The van der Waals surface area contributed by atoms with E-state index in [1.165, 1.54) is 22.7 Å². The second-order valence-corrected chi connectivity index (χ2v) is 9.65. The van der Waals surface area contributed by atoms with E-state index >= 15 is 0 Å². The van der Waals surface area contributed by atoms with E-state index in [4.69, 9.17) is 0 Å². The first kappa shape index (κ1) is 19.1.